The summed E-state index contributed by atoms with van der Waals surface area (Å²) in [6.07, 6.45) is 5.15. The molecule has 1 N–H and O–H groups in total. The fourth-order valence-electron chi connectivity index (χ4n) is 2.04. The maximum atomic E-state index is 8.08. The maximum Gasteiger partial charge on any atom is 0.203 e. The molecule has 0 unspecified atom stereocenters. The predicted octanol–water partition coefficient (Wildman–Crippen LogP) is 3.87. The minimum Gasteiger partial charge on any atom is -0.454 e. The molecule has 0 aliphatic rings. The number of aromatic nitrogens is 2. The highest BCUT2D eigenvalue weighted by Crippen LogP contribution is 2.23. The first-order valence-electron chi connectivity index (χ1n) is 6.12. The van der Waals surface area contributed by atoms with Gasteiger partial charge in [-0.1, -0.05) is 18.2 Å². The summed E-state index contributed by atoms with van der Waals surface area (Å²) >= 11 is 0. The van der Waals surface area contributed by atoms with Gasteiger partial charge in [0.25, 0.3) is 0 Å². The first-order valence-corrected chi connectivity index (χ1v) is 6.12. The van der Waals surface area contributed by atoms with Crippen molar-refractivity contribution in [2.24, 2.45) is 0 Å². The number of H-pyrrole nitrogens is 1. The predicted molar refractivity (Wildman–Crippen MR) is 77.0 cm³/mol. The van der Waals surface area contributed by atoms with Crippen molar-refractivity contribution in [3.63, 3.8) is 0 Å². The van der Waals surface area contributed by atoms with Crippen LogP contribution in [0.4, 0.5) is 0 Å². The molecule has 1 aromatic carbocycles. The van der Waals surface area contributed by atoms with Crippen molar-refractivity contribution in [1.82, 2.24) is 9.97 Å². The van der Waals surface area contributed by atoms with Gasteiger partial charge in [-0.2, -0.15) is 5.26 Å². The number of furan rings is 1. The molecule has 3 aromatic heterocycles. The Balaban J connectivity index is 0.000000147. The molecular weight excluding hydrogens is 250 g/mol. The number of hydrogen-bond acceptors (Lipinski definition) is 3. The van der Waals surface area contributed by atoms with Gasteiger partial charge in [-0.15, -0.1) is 0 Å². The van der Waals surface area contributed by atoms with E-state index in [1.54, 1.807) is 12.1 Å². The highest BCUT2D eigenvalue weighted by atomic mass is 16.3. The second-order valence-electron chi connectivity index (χ2n) is 4.18. The van der Waals surface area contributed by atoms with Gasteiger partial charge in [0.15, 0.2) is 0 Å². The van der Waals surface area contributed by atoms with Crippen molar-refractivity contribution in [2.75, 3.05) is 0 Å². The molecule has 0 bridgehead atoms. The lowest BCUT2D eigenvalue weighted by Crippen LogP contribution is -1.68. The van der Waals surface area contributed by atoms with Gasteiger partial charge >= 0.3 is 0 Å². The summed E-state index contributed by atoms with van der Waals surface area (Å²) in [5, 5.41) is 10.6. The third-order valence-electron chi connectivity index (χ3n) is 2.94. The number of nitrogens with one attached hydrogen (secondary N) is 1. The van der Waals surface area contributed by atoms with Crippen LogP contribution in [0.2, 0.25) is 0 Å². The van der Waals surface area contributed by atoms with E-state index in [0.717, 1.165) is 5.52 Å². The zero-order valence-electron chi connectivity index (χ0n) is 10.6. The second-order valence-corrected chi connectivity index (χ2v) is 4.18. The Bertz CT molecular complexity index is 819. The summed E-state index contributed by atoms with van der Waals surface area (Å²) in [5.74, 6) is 0.361. The van der Waals surface area contributed by atoms with E-state index < -0.39 is 0 Å². The Labute approximate surface area is 115 Å². The van der Waals surface area contributed by atoms with Crippen LogP contribution < -0.4 is 0 Å². The number of nitriles is 1. The molecule has 4 rings (SSSR count). The van der Waals surface area contributed by atoms with Crippen LogP contribution in [-0.2, 0) is 0 Å². The van der Waals surface area contributed by atoms with E-state index in [9.17, 15) is 0 Å². The van der Waals surface area contributed by atoms with Crippen molar-refractivity contribution in [3.05, 3.63) is 66.9 Å². The molecule has 4 aromatic rings. The minimum atomic E-state index is 0.361. The molecule has 0 fully saturated rings. The lowest BCUT2D eigenvalue weighted by atomic mass is 10.2. The molecule has 0 saturated heterocycles. The van der Waals surface area contributed by atoms with Gasteiger partial charge in [0.05, 0.1) is 18.0 Å². The van der Waals surface area contributed by atoms with Crippen LogP contribution >= 0.6 is 0 Å². The van der Waals surface area contributed by atoms with E-state index in [2.05, 4.69) is 32.6 Å². The average molecular weight is 261 g/mol. The smallest absolute Gasteiger partial charge is 0.203 e. The van der Waals surface area contributed by atoms with Gasteiger partial charge in [0.2, 0.25) is 5.76 Å². The molecule has 0 atom stereocenters. The molecular formula is C16H11N3O. The van der Waals surface area contributed by atoms with Crippen LogP contribution in [0.1, 0.15) is 5.76 Å². The number of pyridine rings is 1. The first kappa shape index (κ1) is 12.0. The lowest BCUT2D eigenvalue weighted by molar-refractivity contribution is 0.553. The van der Waals surface area contributed by atoms with Crippen LogP contribution in [0.3, 0.4) is 0 Å². The maximum absolute atomic E-state index is 8.08. The summed E-state index contributed by atoms with van der Waals surface area (Å²) in [7, 11) is 0. The van der Waals surface area contributed by atoms with Gasteiger partial charge in [-0.25, -0.2) is 0 Å². The van der Waals surface area contributed by atoms with Crippen LogP contribution in [-0.4, -0.2) is 9.97 Å². The van der Waals surface area contributed by atoms with Crippen LogP contribution in [0.25, 0.3) is 21.8 Å². The molecule has 3 heterocycles. The summed E-state index contributed by atoms with van der Waals surface area (Å²) in [4.78, 5) is 7.39. The Kier molecular flexibility index (Phi) is 3.17. The van der Waals surface area contributed by atoms with E-state index in [1.165, 1.54) is 22.6 Å². The van der Waals surface area contributed by atoms with Crippen molar-refractivity contribution < 1.29 is 4.42 Å². The van der Waals surface area contributed by atoms with E-state index in [0.29, 0.717) is 5.76 Å². The molecule has 4 nitrogen and oxygen atoms in total. The van der Waals surface area contributed by atoms with Gasteiger partial charge in [-0.3, -0.25) is 4.98 Å². The molecule has 4 heteroatoms. The lowest BCUT2D eigenvalue weighted by Gasteiger charge is -1.87. The summed E-state index contributed by atoms with van der Waals surface area (Å²) in [6.45, 7) is 0. The van der Waals surface area contributed by atoms with Gasteiger partial charge < -0.3 is 9.40 Å². The number of rotatable bonds is 0. The fourth-order valence-corrected chi connectivity index (χ4v) is 2.04. The zero-order valence-corrected chi connectivity index (χ0v) is 10.6. The standard InChI is InChI=1S/C11H8N2.C5H3NO/c1-2-4-10-8(3-1)9-5-6-12-7-11(9)13-10;6-4-5-2-1-3-7-5/h1-7,13H;1-3H. The van der Waals surface area contributed by atoms with E-state index in [4.69, 9.17) is 5.26 Å². The SMILES string of the molecule is N#Cc1ccco1.c1ccc2c(c1)[nH]c1cnccc12. The zero-order chi connectivity index (χ0) is 13.8. The van der Waals surface area contributed by atoms with E-state index in [-0.39, 0.29) is 0 Å². The third-order valence-corrected chi connectivity index (χ3v) is 2.94. The molecule has 96 valence electrons. The molecule has 0 radical (unpaired) electrons. The topological polar surface area (TPSA) is 65.6 Å². The number of hydrogen-bond donors (Lipinski definition) is 1. The Morgan fingerprint density at radius 3 is 2.60 bits per heavy atom. The molecule has 0 saturated carbocycles. The van der Waals surface area contributed by atoms with Crippen molar-refractivity contribution >= 4 is 21.8 Å². The number of fused-ring (bicyclic) bond motifs is 3. The third kappa shape index (κ3) is 2.25. The Morgan fingerprint density at radius 2 is 1.85 bits per heavy atom. The van der Waals surface area contributed by atoms with E-state index >= 15 is 0 Å². The van der Waals surface area contributed by atoms with Crippen molar-refractivity contribution in [3.8, 4) is 6.07 Å². The van der Waals surface area contributed by atoms with Crippen LogP contribution in [0, 0.1) is 11.3 Å². The number of nitrogens with zero attached hydrogens (tertiary/aromatic N) is 2. The molecule has 0 aliphatic carbocycles. The average Bonchev–Trinajstić information content (AvgIpc) is 3.15. The fraction of sp³-hybridized carbons (Fsp3) is 0. The Hall–Kier alpha value is -3.06. The van der Waals surface area contributed by atoms with E-state index in [1.807, 2.05) is 30.6 Å². The van der Waals surface area contributed by atoms with Crippen LogP contribution in [0.5, 0.6) is 0 Å². The highest BCUT2D eigenvalue weighted by Gasteiger charge is 2.00. The minimum absolute atomic E-state index is 0.361. The number of aromatic amines is 1. The molecule has 0 amide bonds. The van der Waals surface area contributed by atoms with Crippen molar-refractivity contribution in [2.45, 2.75) is 0 Å². The first-order chi connectivity index (χ1) is 9.88. The quantitative estimate of drug-likeness (QED) is 0.522. The van der Waals surface area contributed by atoms with Gasteiger partial charge in [0, 0.05) is 22.5 Å². The van der Waals surface area contributed by atoms with Gasteiger partial charge in [0.1, 0.15) is 6.07 Å². The molecule has 20 heavy (non-hydrogen) atoms. The number of para-hydroxylation sites is 1. The molecule has 0 aliphatic heterocycles. The molecule has 0 spiro atoms. The highest BCUT2D eigenvalue weighted by molar-refractivity contribution is 6.06. The number of benzene rings is 1. The van der Waals surface area contributed by atoms with Crippen molar-refractivity contribution in [1.29, 1.82) is 5.26 Å². The second kappa shape index (κ2) is 5.29. The summed E-state index contributed by atoms with van der Waals surface area (Å²) < 4.78 is 4.62. The monoisotopic (exact) mass is 261 g/mol. The summed E-state index contributed by atoms with van der Waals surface area (Å²) in [6, 6.07) is 15.4. The van der Waals surface area contributed by atoms with Crippen LogP contribution in [0.15, 0.2) is 65.5 Å². The normalized spacial score (nSPS) is 9.95. The Morgan fingerprint density at radius 1 is 1.00 bits per heavy atom. The largest absolute Gasteiger partial charge is 0.454 e. The summed E-state index contributed by atoms with van der Waals surface area (Å²) in [5.41, 5.74) is 2.27. The van der Waals surface area contributed by atoms with Gasteiger partial charge in [-0.05, 0) is 24.3 Å².